The number of nitrogens with two attached hydrogens (primary N) is 1. The van der Waals surface area contributed by atoms with Crippen molar-refractivity contribution in [2.24, 2.45) is 11.8 Å². The first-order valence-corrected chi connectivity index (χ1v) is 5.72. The van der Waals surface area contributed by atoms with Gasteiger partial charge in [-0.25, -0.2) is 8.78 Å². The van der Waals surface area contributed by atoms with E-state index in [-0.39, 0.29) is 11.5 Å². The van der Waals surface area contributed by atoms with E-state index < -0.39 is 23.2 Å². The predicted molar refractivity (Wildman–Crippen MR) is 67.5 cm³/mol. The van der Waals surface area contributed by atoms with Crippen LogP contribution in [0.4, 0.5) is 14.5 Å². The number of amides is 1. The van der Waals surface area contributed by atoms with Gasteiger partial charge in [0, 0.05) is 19.2 Å². The summed E-state index contributed by atoms with van der Waals surface area (Å²) in [4.78, 5) is 11.7. The van der Waals surface area contributed by atoms with Gasteiger partial charge in [0.2, 0.25) is 0 Å². The van der Waals surface area contributed by atoms with E-state index in [0.29, 0.717) is 13.2 Å². The minimum absolute atomic E-state index is 0.0985. The number of rotatable bonds is 6. The Morgan fingerprint density at radius 3 is 2.47 bits per heavy atom. The second kappa shape index (κ2) is 7.01. The molecule has 0 saturated carbocycles. The third kappa shape index (κ3) is 4.15. The summed E-state index contributed by atoms with van der Waals surface area (Å²) in [7, 11) is 1.56. The van der Waals surface area contributed by atoms with Crippen LogP contribution in [0.1, 0.15) is 17.3 Å². The van der Waals surface area contributed by atoms with E-state index in [1.54, 1.807) is 7.11 Å². The zero-order valence-corrected chi connectivity index (χ0v) is 10.8. The van der Waals surface area contributed by atoms with Crippen LogP contribution in [-0.2, 0) is 4.74 Å². The Balaban J connectivity index is 2.73. The van der Waals surface area contributed by atoms with Crippen molar-refractivity contribution in [1.82, 2.24) is 5.32 Å². The van der Waals surface area contributed by atoms with Crippen LogP contribution in [-0.4, -0.2) is 26.2 Å². The molecule has 0 heterocycles. The highest BCUT2D eigenvalue weighted by Crippen LogP contribution is 2.19. The molecular weight excluding hydrogens is 256 g/mol. The highest BCUT2D eigenvalue weighted by molar-refractivity contribution is 5.94. The minimum atomic E-state index is -0.919. The molecule has 0 aliphatic rings. The van der Waals surface area contributed by atoms with Gasteiger partial charge in [0.25, 0.3) is 5.91 Å². The summed E-state index contributed by atoms with van der Waals surface area (Å²) >= 11 is 0. The van der Waals surface area contributed by atoms with Gasteiger partial charge in [0.05, 0.1) is 6.61 Å². The maximum atomic E-state index is 13.4. The number of methoxy groups -OCH3 is 1. The number of carbonyl (C=O) groups is 1. The number of halogens is 2. The average Bonchev–Trinajstić information content (AvgIpc) is 2.36. The fourth-order valence-corrected chi connectivity index (χ4v) is 1.55. The van der Waals surface area contributed by atoms with E-state index in [0.717, 1.165) is 12.1 Å². The zero-order chi connectivity index (χ0) is 14.4. The van der Waals surface area contributed by atoms with Crippen LogP contribution in [0.2, 0.25) is 0 Å². The number of nitrogens with one attached hydrogen (secondary N) is 2. The van der Waals surface area contributed by atoms with Crippen molar-refractivity contribution in [1.29, 1.82) is 0 Å². The highest BCUT2D eigenvalue weighted by Gasteiger charge is 2.15. The molecule has 1 atom stereocenters. The lowest BCUT2D eigenvalue weighted by molar-refractivity contribution is 0.0933. The molecule has 7 heteroatoms. The standard InChI is InChI=1S/C12H17F2N3O2/c1-7(6-19-2)5-16-12(18)8-3-9(13)11(17-15)10(14)4-8/h3-4,7,17H,5-6,15H2,1-2H3,(H,16,18). The number of nitrogen functional groups attached to an aromatic ring is 1. The van der Waals surface area contributed by atoms with Crippen molar-refractivity contribution >= 4 is 11.6 Å². The van der Waals surface area contributed by atoms with E-state index in [2.05, 4.69) is 5.32 Å². The summed E-state index contributed by atoms with van der Waals surface area (Å²) in [5.41, 5.74) is 1.33. The van der Waals surface area contributed by atoms with E-state index in [1.807, 2.05) is 12.3 Å². The Morgan fingerprint density at radius 1 is 1.42 bits per heavy atom. The summed E-state index contributed by atoms with van der Waals surface area (Å²) in [6, 6.07) is 1.85. The zero-order valence-electron chi connectivity index (χ0n) is 10.8. The van der Waals surface area contributed by atoms with E-state index in [4.69, 9.17) is 10.6 Å². The molecule has 0 radical (unpaired) electrons. The molecule has 106 valence electrons. The monoisotopic (exact) mass is 273 g/mol. The van der Waals surface area contributed by atoms with Crippen LogP contribution < -0.4 is 16.6 Å². The molecule has 19 heavy (non-hydrogen) atoms. The molecule has 1 rings (SSSR count). The van der Waals surface area contributed by atoms with Gasteiger partial charge in [0.1, 0.15) is 5.69 Å². The van der Waals surface area contributed by atoms with Crippen molar-refractivity contribution in [2.45, 2.75) is 6.92 Å². The number of benzene rings is 1. The smallest absolute Gasteiger partial charge is 0.251 e. The van der Waals surface area contributed by atoms with Gasteiger partial charge in [0.15, 0.2) is 11.6 Å². The molecule has 0 aromatic heterocycles. The fourth-order valence-electron chi connectivity index (χ4n) is 1.55. The van der Waals surface area contributed by atoms with Crippen LogP contribution in [0.15, 0.2) is 12.1 Å². The number of hydrogen-bond donors (Lipinski definition) is 3. The maximum absolute atomic E-state index is 13.4. The lowest BCUT2D eigenvalue weighted by Gasteiger charge is -2.12. The number of anilines is 1. The summed E-state index contributed by atoms with van der Waals surface area (Å²) in [5.74, 6) is 2.68. The molecule has 1 aromatic rings. The Hall–Kier alpha value is -1.73. The Kier molecular flexibility index (Phi) is 5.65. The molecule has 0 spiro atoms. The number of carbonyl (C=O) groups excluding carboxylic acids is 1. The molecule has 0 saturated heterocycles. The lowest BCUT2D eigenvalue weighted by atomic mass is 10.1. The van der Waals surface area contributed by atoms with E-state index in [1.165, 1.54) is 0 Å². The van der Waals surface area contributed by atoms with Gasteiger partial charge in [-0.2, -0.15) is 0 Å². The second-order valence-electron chi connectivity index (χ2n) is 4.23. The van der Waals surface area contributed by atoms with Crippen molar-refractivity contribution in [2.75, 3.05) is 25.7 Å². The van der Waals surface area contributed by atoms with Crippen molar-refractivity contribution in [3.05, 3.63) is 29.3 Å². The van der Waals surface area contributed by atoms with Crippen molar-refractivity contribution < 1.29 is 18.3 Å². The molecule has 0 aliphatic carbocycles. The Labute approximate surface area is 110 Å². The number of hydrogen-bond acceptors (Lipinski definition) is 4. The molecular formula is C12H17F2N3O2. The maximum Gasteiger partial charge on any atom is 0.251 e. The summed E-state index contributed by atoms with van der Waals surface area (Å²) in [5, 5.41) is 2.57. The molecule has 0 fully saturated rings. The topological polar surface area (TPSA) is 76.4 Å². The second-order valence-corrected chi connectivity index (χ2v) is 4.23. The van der Waals surface area contributed by atoms with Crippen molar-refractivity contribution in [3.63, 3.8) is 0 Å². The highest BCUT2D eigenvalue weighted by atomic mass is 19.1. The van der Waals surface area contributed by atoms with Crippen LogP contribution in [0, 0.1) is 17.6 Å². The normalized spacial score (nSPS) is 12.1. The van der Waals surface area contributed by atoms with Gasteiger partial charge >= 0.3 is 0 Å². The van der Waals surface area contributed by atoms with Gasteiger partial charge in [-0.3, -0.25) is 10.6 Å². The van der Waals surface area contributed by atoms with Gasteiger partial charge in [-0.1, -0.05) is 6.92 Å². The van der Waals surface area contributed by atoms with Gasteiger partial charge < -0.3 is 15.5 Å². The number of hydrazine groups is 1. The van der Waals surface area contributed by atoms with E-state index >= 15 is 0 Å². The van der Waals surface area contributed by atoms with Crippen LogP contribution in [0.25, 0.3) is 0 Å². The first-order valence-electron chi connectivity index (χ1n) is 5.72. The third-order valence-electron chi connectivity index (χ3n) is 2.51. The SMILES string of the molecule is COCC(C)CNC(=O)c1cc(F)c(NN)c(F)c1. The molecule has 0 bridgehead atoms. The third-order valence-corrected chi connectivity index (χ3v) is 2.51. The molecule has 0 aliphatic heterocycles. The summed E-state index contributed by atoms with van der Waals surface area (Å²) in [6.07, 6.45) is 0. The molecule has 1 amide bonds. The summed E-state index contributed by atoms with van der Waals surface area (Å²) < 4.78 is 31.7. The summed E-state index contributed by atoms with van der Waals surface area (Å²) in [6.45, 7) is 2.72. The van der Waals surface area contributed by atoms with Crippen LogP contribution in [0.3, 0.4) is 0 Å². The fraction of sp³-hybridized carbons (Fsp3) is 0.417. The average molecular weight is 273 g/mol. The Bertz CT molecular complexity index is 432. The molecule has 1 aromatic carbocycles. The van der Waals surface area contributed by atoms with Crippen LogP contribution >= 0.6 is 0 Å². The quantitative estimate of drug-likeness (QED) is 0.539. The van der Waals surface area contributed by atoms with Gasteiger partial charge in [-0.05, 0) is 18.1 Å². The first kappa shape index (κ1) is 15.3. The number of ether oxygens (including phenoxy) is 1. The first-order chi connectivity index (χ1) is 8.99. The lowest BCUT2D eigenvalue weighted by Crippen LogP contribution is -2.30. The predicted octanol–water partition coefficient (Wildman–Crippen LogP) is 1.26. The molecule has 5 nitrogen and oxygen atoms in total. The van der Waals surface area contributed by atoms with Gasteiger partial charge in [-0.15, -0.1) is 0 Å². The molecule has 1 unspecified atom stereocenters. The minimum Gasteiger partial charge on any atom is -0.384 e. The largest absolute Gasteiger partial charge is 0.384 e. The van der Waals surface area contributed by atoms with Crippen molar-refractivity contribution in [3.8, 4) is 0 Å². The molecule has 4 N–H and O–H groups in total. The van der Waals surface area contributed by atoms with Crippen LogP contribution in [0.5, 0.6) is 0 Å². The van der Waals surface area contributed by atoms with E-state index in [9.17, 15) is 13.6 Å². The Morgan fingerprint density at radius 2 is 2.00 bits per heavy atom.